The molecule has 0 radical (unpaired) electrons. The average Bonchev–Trinajstić information content (AvgIpc) is 2.85. The number of hydrogen-bond donors (Lipinski definition) is 2. The van der Waals surface area contributed by atoms with Crippen molar-refractivity contribution in [1.29, 1.82) is 0 Å². The van der Waals surface area contributed by atoms with Crippen molar-refractivity contribution in [3.63, 3.8) is 0 Å². The number of sulfonamides is 1. The van der Waals surface area contributed by atoms with E-state index in [2.05, 4.69) is 19.7 Å². The third-order valence-corrected chi connectivity index (χ3v) is 4.54. The number of imidazole rings is 1. The predicted molar refractivity (Wildman–Crippen MR) is 71.6 cm³/mol. The molecule has 0 aliphatic carbocycles. The van der Waals surface area contributed by atoms with Crippen LogP contribution >= 0.6 is 23.2 Å². The van der Waals surface area contributed by atoms with Crippen LogP contribution in [0.5, 0.6) is 0 Å². The summed E-state index contributed by atoms with van der Waals surface area (Å²) in [5.74, 6) is 0.511. The Bertz CT molecular complexity index is 673. The van der Waals surface area contributed by atoms with Crippen molar-refractivity contribution in [3.8, 4) is 0 Å². The molecule has 2 heterocycles. The molecule has 6 nitrogen and oxygen atoms in total. The van der Waals surface area contributed by atoms with E-state index in [0.29, 0.717) is 5.82 Å². The van der Waals surface area contributed by atoms with Crippen molar-refractivity contribution < 1.29 is 8.42 Å². The molecule has 2 aromatic rings. The van der Waals surface area contributed by atoms with Crippen molar-refractivity contribution >= 4 is 33.2 Å². The first-order valence-electron chi connectivity index (χ1n) is 5.23. The van der Waals surface area contributed by atoms with E-state index in [1.165, 1.54) is 6.07 Å². The average molecular weight is 321 g/mol. The molecule has 0 fully saturated rings. The number of nitrogens with zero attached hydrogens (tertiary/aromatic N) is 2. The Morgan fingerprint density at radius 3 is 2.68 bits per heavy atom. The fourth-order valence-electron chi connectivity index (χ4n) is 1.42. The van der Waals surface area contributed by atoms with Crippen molar-refractivity contribution in [3.05, 3.63) is 40.7 Å². The van der Waals surface area contributed by atoms with Gasteiger partial charge >= 0.3 is 0 Å². The molecule has 0 bridgehead atoms. The minimum atomic E-state index is -3.74. The summed E-state index contributed by atoms with van der Waals surface area (Å²) in [7, 11) is -3.74. The highest BCUT2D eigenvalue weighted by atomic mass is 35.5. The first-order chi connectivity index (χ1) is 8.90. The van der Waals surface area contributed by atoms with Crippen LogP contribution in [0.15, 0.2) is 29.6 Å². The lowest BCUT2D eigenvalue weighted by atomic mass is 10.3. The number of pyridine rings is 1. The van der Waals surface area contributed by atoms with Gasteiger partial charge in [-0.05, 0) is 13.0 Å². The van der Waals surface area contributed by atoms with Gasteiger partial charge in [0.1, 0.15) is 15.9 Å². The maximum Gasteiger partial charge on any atom is 0.242 e. The number of hydrogen-bond acceptors (Lipinski definition) is 4. The van der Waals surface area contributed by atoms with Crippen molar-refractivity contribution in [2.24, 2.45) is 0 Å². The SMILES string of the molecule is CC(NS(=O)(=O)c1cnc(Cl)c(Cl)c1)c1ncc[nH]1. The Morgan fingerprint density at radius 1 is 1.37 bits per heavy atom. The smallest absolute Gasteiger partial charge is 0.242 e. The molecule has 0 amide bonds. The van der Waals surface area contributed by atoms with E-state index in [-0.39, 0.29) is 15.1 Å². The lowest BCUT2D eigenvalue weighted by Gasteiger charge is -2.12. The van der Waals surface area contributed by atoms with Gasteiger partial charge in [-0.15, -0.1) is 0 Å². The van der Waals surface area contributed by atoms with Crippen LogP contribution in [0.4, 0.5) is 0 Å². The zero-order valence-corrected chi connectivity index (χ0v) is 12.1. The molecule has 0 saturated carbocycles. The second-order valence-corrected chi connectivity index (χ2v) is 6.24. The summed E-state index contributed by atoms with van der Waals surface area (Å²) < 4.78 is 26.7. The first kappa shape index (κ1) is 14.3. The molecule has 0 aliphatic rings. The molecular formula is C10H10Cl2N4O2S. The third-order valence-electron chi connectivity index (χ3n) is 2.34. The van der Waals surface area contributed by atoms with Gasteiger partial charge in [0.25, 0.3) is 0 Å². The molecule has 2 rings (SSSR count). The van der Waals surface area contributed by atoms with Crippen LogP contribution in [0.2, 0.25) is 10.2 Å². The topological polar surface area (TPSA) is 87.7 Å². The molecule has 1 atom stereocenters. The lowest BCUT2D eigenvalue weighted by Crippen LogP contribution is -2.27. The Labute approximate surface area is 120 Å². The summed E-state index contributed by atoms with van der Waals surface area (Å²) in [5, 5.41) is 0.134. The molecule has 2 N–H and O–H groups in total. The third kappa shape index (κ3) is 3.24. The van der Waals surface area contributed by atoms with Gasteiger partial charge in [-0.25, -0.2) is 23.1 Å². The quantitative estimate of drug-likeness (QED) is 0.845. The molecule has 0 saturated heterocycles. The van der Waals surface area contributed by atoms with Crippen LogP contribution in [-0.4, -0.2) is 23.4 Å². The maximum absolute atomic E-state index is 12.1. The molecule has 1 unspecified atom stereocenters. The normalized spacial score (nSPS) is 13.4. The summed E-state index contributed by atoms with van der Waals surface area (Å²) in [6.45, 7) is 1.67. The van der Waals surface area contributed by atoms with Crippen molar-refractivity contribution in [2.45, 2.75) is 17.9 Å². The summed E-state index contributed by atoms with van der Waals surface area (Å²) in [6, 6.07) is 0.739. The summed E-state index contributed by atoms with van der Waals surface area (Å²) >= 11 is 11.4. The van der Waals surface area contributed by atoms with E-state index in [1.807, 2.05) is 0 Å². The zero-order valence-electron chi connectivity index (χ0n) is 9.76. The van der Waals surface area contributed by atoms with Crippen LogP contribution in [-0.2, 0) is 10.0 Å². The van der Waals surface area contributed by atoms with Crippen LogP contribution in [0.1, 0.15) is 18.8 Å². The molecule has 19 heavy (non-hydrogen) atoms. The standard InChI is InChI=1S/C10H10Cl2N4O2S/c1-6(10-13-2-3-14-10)16-19(17,18)7-4-8(11)9(12)15-5-7/h2-6,16H,1H3,(H,13,14). The molecular weight excluding hydrogens is 311 g/mol. The number of H-pyrrole nitrogens is 1. The number of nitrogens with one attached hydrogen (secondary N) is 2. The van der Waals surface area contributed by atoms with Gasteiger partial charge in [0.15, 0.2) is 0 Å². The van der Waals surface area contributed by atoms with Gasteiger partial charge in [-0.1, -0.05) is 23.2 Å². The van der Waals surface area contributed by atoms with Gasteiger partial charge in [-0.3, -0.25) is 0 Å². The van der Waals surface area contributed by atoms with E-state index in [0.717, 1.165) is 6.20 Å². The van der Waals surface area contributed by atoms with E-state index in [1.54, 1.807) is 19.3 Å². The summed E-state index contributed by atoms with van der Waals surface area (Å²) in [4.78, 5) is 10.5. The minimum absolute atomic E-state index is 0.0553. The fraction of sp³-hybridized carbons (Fsp3) is 0.200. The first-order valence-corrected chi connectivity index (χ1v) is 7.46. The van der Waals surface area contributed by atoms with E-state index in [4.69, 9.17) is 23.2 Å². The van der Waals surface area contributed by atoms with E-state index >= 15 is 0 Å². The van der Waals surface area contributed by atoms with Crippen molar-refractivity contribution in [1.82, 2.24) is 19.7 Å². The monoisotopic (exact) mass is 320 g/mol. The molecule has 2 aromatic heterocycles. The van der Waals surface area contributed by atoms with Gasteiger partial charge in [0.05, 0.1) is 11.1 Å². The van der Waals surface area contributed by atoms with E-state index < -0.39 is 16.1 Å². The van der Waals surface area contributed by atoms with Crippen LogP contribution < -0.4 is 4.72 Å². The Kier molecular flexibility index (Phi) is 4.10. The molecule has 102 valence electrons. The van der Waals surface area contributed by atoms with E-state index in [9.17, 15) is 8.42 Å². The van der Waals surface area contributed by atoms with Crippen LogP contribution in [0, 0.1) is 0 Å². The largest absolute Gasteiger partial charge is 0.347 e. The number of aromatic amines is 1. The van der Waals surface area contributed by atoms with Crippen LogP contribution in [0.3, 0.4) is 0 Å². The molecule has 0 aliphatic heterocycles. The summed E-state index contributed by atoms with van der Waals surface area (Å²) in [6.07, 6.45) is 4.30. The van der Waals surface area contributed by atoms with Gasteiger partial charge in [0.2, 0.25) is 10.0 Å². The number of aromatic nitrogens is 3. The van der Waals surface area contributed by atoms with Gasteiger partial charge < -0.3 is 4.98 Å². The minimum Gasteiger partial charge on any atom is -0.347 e. The highest BCUT2D eigenvalue weighted by Gasteiger charge is 2.20. The van der Waals surface area contributed by atoms with Crippen LogP contribution in [0.25, 0.3) is 0 Å². The second kappa shape index (κ2) is 5.46. The molecule has 0 spiro atoms. The molecule has 9 heteroatoms. The Hall–Kier alpha value is -1.15. The summed E-state index contributed by atoms with van der Waals surface area (Å²) in [5.41, 5.74) is 0. The number of rotatable bonds is 4. The zero-order chi connectivity index (χ0) is 14.0. The predicted octanol–water partition coefficient (Wildman–Crippen LogP) is 2.15. The maximum atomic E-state index is 12.1. The number of halogens is 2. The Balaban J connectivity index is 2.25. The van der Waals surface area contributed by atoms with Gasteiger partial charge in [-0.2, -0.15) is 0 Å². The lowest BCUT2D eigenvalue weighted by molar-refractivity contribution is 0.561. The highest BCUT2D eigenvalue weighted by Crippen LogP contribution is 2.22. The molecule has 0 aromatic carbocycles. The Morgan fingerprint density at radius 2 is 2.11 bits per heavy atom. The van der Waals surface area contributed by atoms with Crippen molar-refractivity contribution in [2.75, 3.05) is 0 Å². The van der Waals surface area contributed by atoms with Gasteiger partial charge in [0, 0.05) is 18.6 Å². The fourth-order valence-corrected chi connectivity index (χ4v) is 2.93. The highest BCUT2D eigenvalue weighted by molar-refractivity contribution is 7.89. The second-order valence-electron chi connectivity index (χ2n) is 3.76.